The number of hydrogen-bond acceptors (Lipinski definition) is 14. The number of fused-ring (bicyclic) bond motifs is 1. The zero-order valence-electron chi connectivity index (χ0n) is 44.0. The number of aromatic amines is 3. The van der Waals surface area contributed by atoms with E-state index in [9.17, 15) is 43.2 Å². The first kappa shape index (κ1) is 59.8. The standard InChI is InChI=1S/C52H71N15O9S/c1-28(2)17-39(64-47(71)37(54)15-16-77-6)50(74)65-42(20-35-23-56-27-61-35)49(73)59-25-44(69)67-45(29(3)4)52(76)62-30(5)46(70)63-40(18-32-21-57-38-10-8-7-9-36(32)38)51(75)66-41(19-34-22-55-26-60-34)48(72)58-24-43(68)31-11-13-33(53)14-12-31/h7-14,21-23,26-30,37,39-42,45,57H,15-20,24-25,53-54H2,1-6H3,(H,55,60)(H,56,61)(H,58,72)(H,59,73)(H,62,76)(H,63,70)(H,64,71)(H,65,74)(H,66,75)(H,67,69)/t30-,37-,39-,40-,41-,42-,45-/m0/s1/i47-1. The zero-order chi connectivity index (χ0) is 56.2. The highest BCUT2D eigenvalue weighted by Crippen LogP contribution is 2.20. The first-order valence-corrected chi connectivity index (χ1v) is 26.6. The van der Waals surface area contributed by atoms with Crippen molar-refractivity contribution in [3.63, 3.8) is 0 Å². The van der Waals surface area contributed by atoms with Crippen LogP contribution in [0.3, 0.4) is 0 Å². The molecule has 0 unspecified atom stereocenters. The Labute approximate surface area is 450 Å². The summed E-state index contributed by atoms with van der Waals surface area (Å²) in [5.74, 6) is -5.92. The van der Waals surface area contributed by atoms with Gasteiger partial charge >= 0.3 is 0 Å². The summed E-state index contributed by atoms with van der Waals surface area (Å²) in [6.45, 7) is 7.48. The van der Waals surface area contributed by atoms with Gasteiger partial charge in [0.1, 0.15) is 36.3 Å². The van der Waals surface area contributed by atoms with E-state index < -0.39 is 108 Å². The molecule has 25 heteroatoms. The summed E-state index contributed by atoms with van der Waals surface area (Å²) in [6, 6.07) is 5.39. The number of para-hydroxylation sites is 1. The molecule has 15 N–H and O–H groups in total. The normalized spacial score (nSPS) is 14.0. The molecule has 3 aromatic heterocycles. The van der Waals surface area contributed by atoms with Crippen LogP contribution >= 0.6 is 11.8 Å². The van der Waals surface area contributed by atoms with E-state index >= 15 is 0 Å². The van der Waals surface area contributed by atoms with E-state index in [0.29, 0.717) is 40.4 Å². The van der Waals surface area contributed by atoms with E-state index in [0.717, 1.165) is 10.9 Å². The van der Waals surface area contributed by atoms with Crippen molar-refractivity contribution >= 4 is 81.4 Å². The van der Waals surface area contributed by atoms with E-state index in [4.69, 9.17) is 11.5 Å². The molecule has 414 valence electrons. The van der Waals surface area contributed by atoms with Crippen LogP contribution in [0, 0.1) is 11.8 Å². The Morgan fingerprint density at radius 1 is 0.610 bits per heavy atom. The Morgan fingerprint density at radius 3 is 1.74 bits per heavy atom. The minimum atomic E-state index is -1.31. The van der Waals surface area contributed by atoms with Gasteiger partial charge in [0.25, 0.3) is 0 Å². The third-order valence-electron chi connectivity index (χ3n) is 12.4. The van der Waals surface area contributed by atoms with Crippen molar-refractivity contribution in [1.29, 1.82) is 0 Å². The van der Waals surface area contributed by atoms with Crippen molar-refractivity contribution in [2.24, 2.45) is 17.6 Å². The maximum atomic E-state index is 14.3. The van der Waals surface area contributed by atoms with Gasteiger partial charge in [-0.15, -0.1) is 0 Å². The lowest BCUT2D eigenvalue weighted by molar-refractivity contribution is -0.135. The number of hydrogen-bond donors (Lipinski definition) is 13. The van der Waals surface area contributed by atoms with Crippen molar-refractivity contribution in [3.8, 4) is 0 Å². The number of aromatic nitrogens is 5. The maximum Gasteiger partial charge on any atom is 0.243 e. The third kappa shape index (κ3) is 18.6. The number of rotatable bonds is 30. The lowest BCUT2D eigenvalue weighted by Gasteiger charge is -2.26. The van der Waals surface area contributed by atoms with E-state index in [2.05, 4.69) is 67.5 Å². The second-order valence-electron chi connectivity index (χ2n) is 19.4. The van der Waals surface area contributed by atoms with Gasteiger partial charge in [-0.1, -0.05) is 45.9 Å². The smallest absolute Gasteiger partial charge is 0.243 e. The van der Waals surface area contributed by atoms with Gasteiger partial charge in [0.15, 0.2) is 5.78 Å². The number of Topliss-reactive ketones (excluding diaryl/α,β-unsaturated/α-hetero) is 1. The highest BCUT2D eigenvalue weighted by atomic mass is 32.2. The molecule has 7 atom stereocenters. The number of thioether (sulfide) groups is 1. The molecule has 0 aliphatic heterocycles. The SMILES string of the molecule is CSCC[C@H](N)[11C](=O)N[C@@H](CC(C)C)C(=O)N[C@@H](Cc1cnc[nH]1)C(=O)NCC(=O)N[C@H](C(=O)N[C@@H](C)C(=O)N[C@@H](Cc1c[nH]c2ccccc12)C(=O)N[C@@H](Cc1cnc[nH]1)C(=O)NCC(=O)c1ccc(N)cc1)C(C)C. The van der Waals surface area contributed by atoms with Crippen molar-refractivity contribution in [2.75, 3.05) is 30.8 Å². The van der Waals surface area contributed by atoms with Gasteiger partial charge in [0.2, 0.25) is 47.3 Å². The number of carbonyl (C=O) groups excluding carboxylic acids is 9. The van der Waals surface area contributed by atoms with Gasteiger partial charge in [-0.05, 0) is 79.5 Å². The molecule has 77 heavy (non-hydrogen) atoms. The van der Waals surface area contributed by atoms with Crippen LogP contribution in [0.15, 0.2) is 79.8 Å². The van der Waals surface area contributed by atoms with Crippen molar-refractivity contribution in [2.45, 2.75) is 109 Å². The van der Waals surface area contributed by atoms with Gasteiger partial charge in [-0.25, -0.2) is 9.97 Å². The largest absolute Gasteiger partial charge is 0.399 e. The van der Waals surface area contributed by atoms with Gasteiger partial charge in [-0.2, -0.15) is 11.8 Å². The van der Waals surface area contributed by atoms with Crippen LogP contribution in [0.4, 0.5) is 5.69 Å². The van der Waals surface area contributed by atoms with E-state index in [1.807, 2.05) is 44.4 Å². The Bertz CT molecular complexity index is 2780. The summed E-state index contributed by atoms with van der Waals surface area (Å²) in [5, 5.41) is 22.0. The Hall–Kier alpha value is -8.06. The molecule has 5 rings (SSSR count). The predicted molar refractivity (Wildman–Crippen MR) is 290 cm³/mol. The number of imidazole rings is 2. The maximum absolute atomic E-state index is 14.3. The van der Waals surface area contributed by atoms with Crippen LogP contribution in [-0.2, 0) is 57.6 Å². The molecule has 3 heterocycles. The minimum absolute atomic E-state index is 0.0218. The summed E-state index contributed by atoms with van der Waals surface area (Å²) in [7, 11) is 0. The monoisotopic (exact) mass is 1080 g/mol. The minimum Gasteiger partial charge on any atom is -0.399 e. The van der Waals surface area contributed by atoms with Gasteiger partial charge < -0.3 is 69.0 Å². The van der Waals surface area contributed by atoms with Crippen LogP contribution in [0.1, 0.15) is 74.8 Å². The molecule has 5 aromatic rings. The third-order valence-corrected chi connectivity index (χ3v) is 13.0. The molecule has 0 aliphatic rings. The van der Waals surface area contributed by atoms with Gasteiger partial charge in [-0.3, -0.25) is 43.2 Å². The van der Waals surface area contributed by atoms with E-state index in [-0.39, 0.29) is 38.1 Å². The number of nitrogens with two attached hydrogens (primary N) is 2. The van der Waals surface area contributed by atoms with Crippen LogP contribution in [0.2, 0.25) is 0 Å². The summed E-state index contributed by atoms with van der Waals surface area (Å²) < 4.78 is 0. The number of benzene rings is 2. The van der Waals surface area contributed by atoms with Gasteiger partial charge in [0, 0.05) is 71.4 Å². The quantitative estimate of drug-likeness (QED) is 0.0214. The predicted octanol–water partition coefficient (Wildman–Crippen LogP) is 0.0507. The molecule has 0 saturated heterocycles. The molecule has 0 saturated carbocycles. The number of nitrogen functional groups attached to an aromatic ring is 1. The van der Waals surface area contributed by atoms with Crippen molar-refractivity contribution < 1.29 is 43.2 Å². The molecule has 0 aliphatic carbocycles. The summed E-state index contributed by atoms with van der Waals surface area (Å²) in [6.07, 6.45) is 9.84. The fourth-order valence-electron chi connectivity index (χ4n) is 8.06. The molecule has 2 aromatic carbocycles. The first-order valence-electron chi connectivity index (χ1n) is 25.2. The van der Waals surface area contributed by atoms with Crippen LogP contribution in [0.5, 0.6) is 0 Å². The van der Waals surface area contributed by atoms with Crippen LogP contribution in [0.25, 0.3) is 10.9 Å². The van der Waals surface area contributed by atoms with E-state index in [1.165, 1.54) is 55.9 Å². The van der Waals surface area contributed by atoms with Gasteiger partial charge in [0.05, 0.1) is 31.8 Å². The highest BCUT2D eigenvalue weighted by molar-refractivity contribution is 7.98. The second kappa shape index (κ2) is 29.3. The molecular formula is C52H71N15O9S. The summed E-state index contributed by atoms with van der Waals surface area (Å²) in [4.78, 5) is 140. The number of ketones is 1. The second-order valence-corrected chi connectivity index (χ2v) is 20.4. The first-order chi connectivity index (χ1) is 36.7. The number of nitrogens with one attached hydrogen (secondary N) is 11. The lowest BCUT2D eigenvalue weighted by atomic mass is 9.85. The average Bonchev–Trinajstić information content (AvgIpc) is 4.21. The van der Waals surface area contributed by atoms with Crippen molar-refractivity contribution in [1.82, 2.24) is 67.5 Å². The Balaban J connectivity index is 1.24. The Morgan fingerprint density at radius 2 is 1.17 bits per heavy atom. The topological polar surface area (TPSA) is 375 Å². The number of anilines is 1. The lowest BCUT2D eigenvalue weighted by Crippen LogP contribution is -2.59. The van der Waals surface area contributed by atoms with Crippen molar-refractivity contribution in [3.05, 3.63) is 102 Å². The van der Waals surface area contributed by atoms with Crippen LogP contribution in [-0.4, -0.2) is 145 Å². The highest BCUT2D eigenvalue weighted by Gasteiger charge is 2.33. The number of H-pyrrole nitrogens is 3. The molecular weight excluding hydrogens is 1010 g/mol. The summed E-state index contributed by atoms with van der Waals surface area (Å²) in [5.41, 5.74) is 15.0. The molecule has 24 nitrogen and oxygen atoms in total. The number of carbonyl (C=O) groups is 9. The molecule has 0 fully saturated rings. The Kier molecular flexibility index (Phi) is 22.8. The summed E-state index contributed by atoms with van der Waals surface area (Å²) >= 11 is 1.53. The average molecular weight is 1080 g/mol. The molecule has 0 spiro atoms. The number of amides is 8. The zero-order valence-corrected chi connectivity index (χ0v) is 44.8. The van der Waals surface area contributed by atoms with E-state index in [1.54, 1.807) is 32.2 Å². The van der Waals surface area contributed by atoms with Crippen LogP contribution < -0.4 is 54.0 Å². The number of nitrogens with zero attached hydrogens (tertiary/aromatic N) is 2. The molecule has 0 radical (unpaired) electrons. The fraction of sp³-hybridized carbons (Fsp3) is 0.442. The molecule has 0 bridgehead atoms. The fourth-order valence-corrected chi connectivity index (χ4v) is 8.55. The molecule has 8 amide bonds.